The van der Waals surface area contributed by atoms with E-state index in [0.29, 0.717) is 31.2 Å². The quantitative estimate of drug-likeness (QED) is 0.530. The van der Waals surface area contributed by atoms with Crippen LogP contribution in [-0.2, 0) is 16.1 Å². The molecule has 2 amide bonds. The lowest BCUT2D eigenvalue weighted by atomic mass is 10.2. The van der Waals surface area contributed by atoms with Crippen molar-refractivity contribution >= 4 is 11.8 Å². The van der Waals surface area contributed by atoms with Crippen LogP contribution in [0.5, 0.6) is 11.5 Å². The minimum absolute atomic E-state index is 0.0107. The molecule has 1 aromatic rings. The normalized spacial score (nSPS) is 11.5. The SMILES string of the molecule is CCNC(=O)CNC(=O)C[NH+](C)Cc1ccc(OCC)c(OC)c1. The highest BCUT2D eigenvalue weighted by Crippen LogP contribution is 2.27. The molecule has 0 heterocycles. The number of hydrogen-bond donors (Lipinski definition) is 3. The van der Waals surface area contributed by atoms with Crippen LogP contribution >= 0.6 is 0 Å². The van der Waals surface area contributed by atoms with Gasteiger partial charge in [0.15, 0.2) is 18.0 Å². The van der Waals surface area contributed by atoms with Gasteiger partial charge in [-0.2, -0.15) is 0 Å². The molecule has 1 aromatic carbocycles. The first-order valence-electron chi connectivity index (χ1n) is 8.14. The summed E-state index contributed by atoms with van der Waals surface area (Å²) in [5.41, 5.74) is 1.05. The van der Waals surface area contributed by atoms with E-state index < -0.39 is 0 Å². The van der Waals surface area contributed by atoms with Gasteiger partial charge >= 0.3 is 0 Å². The Morgan fingerprint density at radius 1 is 1.12 bits per heavy atom. The summed E-state index contributed by atoms with van der Waals surface area (Å²) in [6, 6.07) is 5.75. The number of quaternary nitrogens is 1. The molecule has 0 saturated heterocycles. The van der Waals surface area contributed by atoms with Crippen molar-refractivity contribution < 1.29 is 24.0 Å². The van der Waals surface area contributed by atoms with Crippen molar-refractivity contribution in [1.82, 2.24) is 10.6 Å². The van der Waals surface area contributed by atoms with E-state index >= 15 is 0 Å². The molecular weight excluding hydrogens is 310 g/mol. The lowest BCUT2D eigenvalue weighted by Crippen LogP contribution is -3.08. The molecule has 0 radical (unpaired) electrons. The van der Waals surface area contributed by atoms with Crippen molar-refractivity contribution in [3.8, 4) is 11.5 Å². The molecule has 134 valence electrons. The van der Waals surface area contributed by atoms with E-state index in [-0.39, 0.29) is 24.9 Å². The Bertz CT molecular complexity index is 549. The Hall–Kier alpha value is -2.28. The van der Waals surface area contributed by atoms with Crippen molar-refractivity contribution in [2.75, 3.05) is 40.4 Å². The standard InChI is InChI=1S/C17H27N3O4/c1-5-18-16(21)10-19-17(22)12-20(3)11-13-7-8-14(24-6-2)15(9-13)23-4/h7-9H,5-6,10-12H2,1-4H3,(H,18,21)(H,19,22)/p+1. The van der Waals surface area contributed by atoms with Crippen LogP contribution in [0.4, 0.5) is 0 Å². The minimum atomic E-state index is -0.181. The topological polar surface area (TPSA) is 81.1 Å². The van der Waals surface area contributed by atoms with Crippen LogP contribution in [0, 0.1) is 0 Å². The van der Waals surface area contributed by atoms with Crippen LogP contribution in [0.3, 0.4) is 0 Å². The van der Waals surface area contributed by atoms with Gasteiger partial charge in [0, 0.05) is 12.1 Å². The summed E-state index contributed by atoms with van der Waals surface area (Å²) < 4.78 is 10.8. The van der Waals surface area contributed by atoms with Gasteiger partial charge < -0.3 is 25.0 Å². The van der Waals surface area contributed by atoms with Gasteiger partial charge in [-0.25, -0.2) is 0 Å². The molecule has 0 aliphatic carbocycles. The molecule has 0 saturated carbocycles. The van der Waals surface area contributed by atoms with Gasteiger partial charge in [0.2, 0.25) is 5.91 Å². The molecule has 0 aliphatic heterocycles. The van der Waals surface area contributed by atoms with Crippen molar-refractivity contribution in [1.29, 1.82) is 0 Å². The van der Waals surface area contributed by atoms with Gasteiger partial charge in [-0.3, -0.25) is 9.59 Å². The number of hydrogen-bond acceptors (Lipinski definition) is 4. The molecule has 0 spiro atoms. The molecule has 24 heavy (non-hydrogen) atoms. The highest BCUT2D eigenvalue weighted by molar-refractivity contribution is 5.84. The molecule has 0 bridgehead atoms. The van der Waals surface area contributed by atoms with Crippen molar-refractivity contribution in [3.63, 3.8) is 0 Å². The van der Waals surface area contributed by atoms with Gasteiger partial charge in [-0.05, 0) is 32.0 Å². The predicted molar refractivity (Wildman–Crippen MR) is 91.3 cm³/mol. The molecule has 1 unspecified atom stereocenters. The Morgan fingerprint density at radius 2 is 1.88 bits per heavy atom. The second-order valence-corrected chi connectivity index (χ2v) is 5.46. The largest absolute Gasteiger partial charge is 0.493 e. The monoisotopic (exact) mass is 338 g/mol. The fourth-order valence-corrected chi connectivity index (χ4v) is 2.28. The van der Waals surface area contributed by atoms with Crippen molar-refractivity contribution in [3.05, 3.63) is 23.8 Å². The summed E-state index contributed by atoms with van der Waals surface area (Å²) >= 11 is 0. The molecule has 7 nitrogen and oxygen atoms in total. The van der Waals surface area contributed by atoms with Gasteiger partial charge in [-0.1, -0.05) is 0 Å². The molecule has 0 aromatic heterocycles. The molecule has 1 rings (SSSR count). The number of nitrogens with one attached hydrogen (secondary N) is 3. The highest BCUT2D eigenvalue weighted by atomic mass is 16.5. The van der Waals surface area contributed by atoms with E-state index in [1.165, 1.54) is 0 Å². The number of ether oxygens (including phenoxy) is 2. The first-order chi connectivity index (χ1) is 11.5. The summed E-state index contributed by atoms with van der Waals surface area (Å²) in [5.74, 6) is 1.06. The summed E-state index contributed by atoms with van der Waals surface area (Å²) in [4.78, 5) is 24.2. The minimum Gasteiger partial charge on any atom is -0.493 e. The Morgan fingerprint density at radius 3 is 2.50 bits per heavy atom. The number of carbonyl (C=O) groups excluding carboxylic acids is 2. The van der Waals surface area contributed by atoms with Gasteiger partial charge in [0.05, 0.1) is 27.3 Å². The zero-order valence-electron chi connectivity index (χ0n) is 14.9. The number of likely N-dealkylation sites (N-methyl/N-ethyl adjacent to an activating group) is 2. The summed E-state index contributed by atoms with van der Waals surface area (Å²) in [7, 11) is 3.53. The molecule has 0 fully saturated rings. The first kappa shape index (κ1) is 19.8. The number of rotatable bonds is 10. The fraction of sp³-hybridized carbons (Fsp3) is 0.529. The summed E-state index contributed by atoms with van der Waals surface area (Å²) in [6.45, 7) is 5.85. The van der Waals surface area contributed by atoms with E-state index in [1.807, 2.05) is 39.1 Å². The van der Waals surface area contributed by atoms with Gasteiger partial charge in [0.25, 0.3) is 5.91 Å². The van der Waals surface area contributed by atoms with Crippen LogP contribution in [0.15, 0.2) is 18.2 Å². The second-order valence-electron chi connectivity index (χ2n) is 5.46. The molecular formula is C17H28N3O4+. The fourth-order valence-electron chi connectivity index (χ4n) is 2.28. The zero-order valence-corrected chi connectivity index (χ0v) is 14.9. The maximum Gasteiger partial charge on any atom is 0.275 e. The number of methoxy groups -OCH3 is 1. The lowest BCUT2D eigenvalue weighted by molar-refractivity contribution is -0.885. The van der Waals surface area contributed by atoms with Crippen LogP contribution in [0.25, 0.3) is 0 Å². The lowest BCUT2D eigenvalue weighted by Gasteiger charge is -2.15. The molecule has 1 atom stereocenters. The van der Waals surface area contributed by atoms with Crippen LogP contribution in [0.1, 0.15) is 19.4 Å². The Kier molecular flexibility index (Phi) is 8.64. The zero-order chi connectivity index (χ0) is 17.9. The van der Waals surface area contributed by atoms with Crippen LogP contribution < -0.4 is 25.0 Å². The number of amides is 2. The first-order valence-corrected chi connectivity index (χ1v) is 8.14. The van der Waals surface area contributed by atoms with Crippen molar-refractivity contribution in [2.24, 2.45) is 0 Å². The molecule has 0 aliphatic rings. The van der Waals surface area contributed by atoms with E-state index in [1.54, 1.807) is 7.11 Å². The Balaban J connectivity index is 2.50. The van der Waals surface area contributed by atoms with Gasteiger partial charge in [-0.15, -0.1) is 0 Å². The van der Waals surface area contributed by atoms with Crippen molar-refractivity contribution in [2.45, 2.75) is 20.4 Å². The summed E-state index contributed by atoms with van der Waals surface area (Å²) in [5, 5.41) is 5.25. The summed E-state index contributed by atoms with van der Waals surface area (Å²) in [6.07, 6.45) is 0. The van der Waals surface area contributed by atoms with E-state index in [4.69, 9.17) is 9.47 Å². The predicted octanol–water partition coefficient (Wildman–Crippen LogP) is -0.639. The number of carbonyl (C=O) groups is 2. The van der Waals surface area contributed by atoms with E-state index in [9.17, 15) is 9.59 Å². The van der Waals surface area contributed by atoms with E-state index in [0.717, 1.165) is 10.5 Å². The molecule has 3 N–H and O–H groups in total. The third-order valence-corrected chi connectivity index (χ3v) is 3.32. The smallest absolute Gasteiger partial charge is 0.275 e. The van der Waals surface area contributed by atoms with Gasteiger partial charge in [0.1, 0.15) is 6.54 Å². The molecule has 7 heteroatoms. The average molecular weight is 338 g/mol. The van der Waals surface area contributed by atoms with Crippen LogP contribution in [0.2, 0.25) is 0 Å². The average Bonchev–Trinajstić information content (AvgIpc) is 2.54. The third-order valence-electron chi connectivity index (χ3n) is 3.32. The van der Waals surface area contributed by atoms with E-state index in [2.05, 4.69) is 10.6 Å². The highest BCUT2D eigenvalue weighted by Gasteiger charge is 2.13. The maximum absolute atomic E-state index is 11.9. The number of benzene rings is 1. The van der Waals surface area contributed by atoms with Crippen LogP contribution in [-0.4, -0.2) is 52.2 Å². The second kappa shape index (κ2) is 10.5. The third kappa shape index (κ3) is 6.87. The maximum atomic E-state index is 11.9. The Labute approximate surface area is 143 Å².